The van der Waals surface area contributed by atoms with Crippen LogP contribution in [0, 0.1) is 0 Å². The van der Waals surface area contributed by atoms with E-state index in [1.165, 1.54) is 0 Å². The summed E-state index contributed by atoms with van der Waals surface area (Å²) in [4.78, 5) is 0.279. The van der Waals surface area contributed by atoms with Crippen LogP contribution in [0.25, 0.3) is 0 Å². The third-order valence-electron chi connectivity index (χ3n) is 2.77. The first-order chi connectivity index (χ1) is 9.95. The Morgan fingerprint density at radius 3 is 2.38 bits per heavy atom. The van der Waals surface area contributed by atoms with Crippen LogP contribution < -0.4 is 10.0 Å². The summed E-state index contributed by atoms with van der Waals surface area (Å²) >= 11 is 0. The standard InChI is InChI=1S/C15H26N2O3S/c1-4-5-11-20-12-10-16-14-6-8-15(9-7-14)21(18,19)17-13(2)3/h6-9,13,16-17H,4-5,10-12H2,1-3H3. The third kappa shape index (κ3) is 6.93. The molecule has 0 aliphatic rings. The second-order valence-electron chi connectivity index (χ2n) is 5.19. The van der Waals surface area contributed by atoms with Crippen molar-refractivity contribution < 1.29 is 13.2 Å². The summed E-state index contributed by atoms with van der Waals surface area (Å²) in [6.07, 6.45) is 2.21. The Kier molecular flexibility index (Phi) is 7.71. The van der Waals surface area contributed by atoms with Crippen LogP contribution in [-0.4, -0.2) is 34.2 Å². The smallest absolute Gasteiger partial charge is 0.240 e. The normalized spacial score (nSPS) is 11.8. The van der Waals surface area contributed by atoms with Crippen molar-refractivity contribution in [3.8, 4) is 0 Å². The van der Waals surface area contributed by atoms with Crippen molar-refractivity contribution in [1.82, 2.24) is 4.72 Å². The molecule has 120 valence electrons. The fourth-order valence-corrected chi connectivity index (χ4v) is 3.00. The van der Waals surface area contributed by atoms with Gasteiger partial charge in [-0.1, -0.05) is 13.3 Å². The van der Waals surface area contributed by atoms with Crippen molar-refractivity contribution in [2.24, 2.45) is 0 Å². The number of nitrogens with one attached hydrogen (secondary N) is 2. The molecule has 1 rings (SSSR count). The number of benzene rings is 1. The van der Waals surface area contributed by atoms with E-state index in [4.69, 9.17) is 4.74 Å². The molecule has 0 bridgehead atoms. The molecule has 0 aromatic heterocycles. The van der Waals surface area contributed by atoms with Gasteiger partial charge in [0.25, 0.3) is 0 Å². The highest BCUT2D eigenvalue weighted by Gasteiger charge is 2.14. The summed E-state index contributed by atoms with van der Waals surface area (Å²) in [6, 6.07) is 6.62. The number of sulfonamides is 1. The number of hydrogen-bond acceptors (Lipinski definition) is 4. The van der Waals surface area contributed by atoms with Crippen LogP contribution in [0.3, 0.4) is 0 Å². The monoisotopic (exact) mass is 314 g/mol. The molecule has 1 aromatic carbocycles. The molecule has 0 saturated carbocycles. The van der Waals surface area contributed by atoms with E-state index in [0.29, 0.717) is 13.2 Å². The maximum Gasteiger partial charge on any atom is 0.240 e. The van der Waals surface area contributed by atoms with Gasteiger partial charge in [0.2, 0.25) is 10.0 Å². The fraction of sp³-hybridized carbons (Fsp3) is 0.600. The van der Waals surface area contributed by atoms with Crippen molar-refractivity contribution in [3.05, 3.63) is 24.3 Å². The predicted octanol–water partition coefficient (Wildman–Crippen LogP) is 2.60. The summed E-state index contributed by atoms with van der Waals surface area (Å²) in [5.74, 6) is 0. The molecule has 0 radical (unpaired) electrons. The molecule has 1 aromatic rings. The van der Waals surface area contributed by atoms with Crippen molar-refractivity contribution in [3.63, 3.8) is 0 Å². The summed E-state index contributed by atoms with van der Waals surface area (Å²) < 4.78 is 31.9. The van der Waals surface area contributed by atoms with Gasteiger partial charge in [0.05, 0.1) is 11.5 Å². The number of unbranched alkanes of at least 4 members (excludes halogenated alkanes) is 1. The highest BCUT2D eigenvalue weighted by atomic mass is 32.2. The van der Waals surface area contributed by atoms with Crippen LogP contribution in [0.2, 0.25) is 0 Å². The molecule has 0 heterocycles. The zero-order chi connectivity index (χ0) is 15.7. The molecule has 0 fully saturated rings. The van der Waals surface area contributed by atoms with Crippen LogP contribution in [-0.2, 0) is 14.8 Å². The van der Waals surface area contributed by atoms with Crippen molar-refractivity contribution in [2.45, 2.75) is 44.6 Å². The number of hydrogen-bond donors (Lipinski definition) is 2. The summed E-state index contributed by atoms with van der Waals surface area (Å²) in [6.45, 7) is 7.87. The highest BCUT2D eigenvalue weighted by molar-refractivity contribution is 7.89. The Labute approximate surface area is 128 Å². The third-order valence-corrected chi connectivity index (χ3v) is 4.45. The van der Waals surface area contributed by atoms with Crippen LogP contribution in [0.15, 0.2) is 29.2 Å². The molecule has 0 amide bonds. The Morgan fingerprint density at radius 2 is 1.81 bits per heavy atom. The molecule has 0 atom stereocenters. The van der Waals surface area contributed by atoms with E-state index in [0.717, 1.165) is 25.1 Å². The van der Waals surface area contributed by atoms with E-state index in [9.17, 15) is 8.42 Å². The zero-order valence-corrected chi connectivity index (χ0v) is 13.9. The lowest BCUT2D eigenvalue weighted by Crippen LogP contribution is -2.30. The SMILES string of the molecule is CCCCOCCNc1ccc(S(=O)(=O)NC(C)C)cc1. The second-order valence-corrected chi connectivity index (χ2v) is 6.91. The lowest BCUT2D eigenvalue weighted by Gasteiger charge is -2.11. The number of anilines is 1. The quantitative estimate of drug-likeness (QED) is 0.651. The lowest BCUT2D eigenvalue weighted by atomic mass is 10.3. The summed E-state index contributed by atoms with van der Waals surface area (Å²) in [5, 5.41) is 3.20. The Bertz CT molecular complexity index is 498. The van der Waals surface area contributed by atoms with Crippen LogP contribution in [0.1, 0.15) is 33.6 Å². The molecule has 6 heteroatoms. The predicted molar refractivity (Wildman–Crippen MR) is 86.1 cm³/mol. The summed E-state index contributed by atoms with van der Waals surface area (Å²) in [5.41, 5.74) is 0.887. The molecule has 5 nitrogen and oxygen atoms in total. The Morgan fingerprint density at radius 1 is 1.14 bits per heavy atom. The molecule has 0 unspecified atom stereocenters. The number of ether oxygens (including phenoxy) is 1. The molecule has 0 spiro atoms. The molecule has 0 aliphatic carbocycles. The average molecular weight is 314 g/mol. The number of rotatable bonds is 10. The minimum atomic E-state index is -3.41. The molecule has 2 N–H and O–H groups in total. The minimum absolute atomic E-state index is 0.118. The topological polar surface area (TPSA) is 67.4 Å². The van der Waals surface area contributed by atoms with Crippen molar-refractivity contribution >= 4 is 15.7 Å². The van der Waals surface area contributed by atoms with Gasteiger partial charge in [0.1, 0.15) is 0 Å². The summed E-state index contributed by atoms with van der Waals surface area (Å²) in [7, 11) is -3.41. The Balaban J connectivity index is 2.44. The van der Waals surface area contributed by atoms with Crippen LogP contribution in [0.4, 0.5) is 5.69 Å². The van der Waals surface area contributed by atoms with Gasteiger partial charge in [0.15, 0.2) is 0 Å². The lowest BCUT2D eigenvalue weighted by molar-refractivity contribution is 0.141. The van der Waals surface area contributed by atoms with E-state index in [1.807, 2.05) is 0 Å². The van der Waals surface area contributed by atoms with E-state index in [-0.39, 0.29) is 10.9 Å². The highest BCUT2D eigenvalue weighted by Crippen LogP contribution is 2.14. The first-order valence-electron chi connectivity index (χ1n) is 7.39. The van der Waals surface area contributed by atoms with Gasteiger partial charge >= 0.3 is 0 Å². The van der Waals surface area contributed by atoms with Gasteiger partial charge < -0.3 is 10.1 Å². The van der Waals surface area contributed by atoms with E-state index >= 15 is 0 Å². The first kappa shape index (κ1) is 17.9. The fourth-order valence-electron chi connectivity index (χ4n) is 1.75. The first-order valence-corrected chi connectivity index (χ1v) is 8.88. The van der Waals surface area contributed by atoms with Gasteiger partial charge in [-0.3, -0.25) is 0 Å². The van der Waals surface area contributed by atoms with Crippen LogP contribution >= 0.6 is 0 Å². The van der Waals surface area contributed by atoms with Crippen molar-refractivity contribution in [2.75, 3.05) is 25.1 Å². The van der Waals surface area contributed by atoms with Crippen molar-refractivity contribution in [1.29, 1.82) is 0 Å². The van der Waals surface area contributed by atoms with Gasteiger partial charge in [-0.05, 0) is 44.5 Å². The molecular formula is C15H26N2O3S. The zero-order valence-electron chi connectivity index (χ0n) is 13.1. The molecular weight excluding hydrogens is 288 g/mol. The van der Waals surface area contributed by atoms with Gasteiger partial charge in [0, 0.05) is 24.9 Å². The largest absolute Gasteiger partial charge is 0.383 e. The van der Waals surface area contributed by atoms with Gasteiger partial charge in [-0.15, -0.1) is 0 Å². The molecule has 0 saturated heterocycles. The maximum atomic E-state index is 12.0. The second kappa shape index (κ2) is 9.02. The van der Waals surface area contributed by atoms with Gasteiger partial charge in [-0.25, -0.2) is 13.1 Å². The molecule has 0 aliphatic heterocycles. The van der Waals surface area contributed by atoms with E-state index < -0.39 is 10.0 Å². The molecule has 21 heavy (non-hydrogen) atoms. The maximum absolute atomic E-state index is 12.0. The minimum Gasteiger partial charge on any atom is -0.383 e. The van der Waals surface area contributed by atoms with E-state index in [1.54, 1.807) is 38.1 Å². The Hall–Kier alpha value is -1.11. The average Bonchev–Trinajstić information content (AvgIpc) is 2.42. The van der Waals surface area contributed by atoms with Crippen LogP contribution in [0.5, 0.6) is 0 Å². The van der Waals surface area contributed by atoms with E-state index in [2.05, 4.69) is 17.0 Å². The van der Waals surface area contributed by atoms with Gasteiger partial charge in [-0.2, -0.15) is 0 Å².